The largest absolute Gasteiger partial charge is 0.369 e. The van der Waals surface area contributed by atoms with Gasteiger partial charge in [-0.25, -0.2) is 13.8 Å². The van der Waals surface area contributed by atoms with Crippen molar-refractivity contribution in [2.24, 2.45) is 10.7 Å². The summed E-state index contributed by atoms with van der Waals surface area (Å²) in [6.45, 7) is 0.712. The Bertz CT molecular complexity index is 704. The van der Waals surface area contributed by atoms with Crippen LogP contribution in [0.25, 0.3) is 0 Å². The van der Waals surface area contributed by atoms with Gasteiger partial charge in [0.15, 0.2) is 11.6 Å². The van der Waals surface area contributed by atoms with Crippen LogP contribution < -0.4 is 10.6 Å². The lowest BCUT2D eigenvalue weighted by atomic mass is 10.0. The van der Waals surface area contributed by atoms with Crippen molar-refractivity contribution in [1.29, 1.82) is 0 Å². The highest BCUT2D eigenvalue weighted by Gasteiger charge is 2.19. The van der Waals surface area contributed by atoms with Crippen LogP contribution in [-0.4, -0.2) is 12.5 Å². The second-order valence-corrected chi connectivity index (χ2v) is 4.93. The second-order valence-electron chi connectivity index (χ2n) is 4.93. The number of para-hydroxylation sites is 1. The topological polar surface area (TPSA) is 41.6 Å². The molecule has 1 aliphatic heterocycles. The average molecular weight is 324 g/mol. The molecule has 0 aromatic heterocycles. The van der Waals surface area contributed by atoms with Crippen LogP contribution in [0.2, 0.25) is 0 Å². The molecule has 0 aliphatic carbocycles. The Morgan fingerprint density at radius 2 is 1.86 bits per heavy atom. The van der Waals surface area contributed by atoms with Crippen molar-refractivity contribution >= 4 is 29.7 Å². The van der Waals surface area contributed by atoms with E-state index in [4.69, 9.17) is 5.73 Å². The smallest absolute Gasteiger partial charge is 0.201 e. The van der Waals surface area contributed by atoms with Crippen molar-refractivity contribution in [2.75, 3.05) is 11.4 Å². The summed E-state index contributed by atoms with van der Waals surface area (Å²) in [5, 5.41) is 0. The zero-order chi connectivity index (χ0) is 14.8. The van der Waals surface area contributed by atoms with Crippen LogP contribution in [0.4, 0.5) is 20.2 Å². The molecule has 0 unspecified atom stereocenters. The first-order chi connectivity index (χ1) is 10.2. The van der Waals surface area contributed by atoms with Gasteiger partial charge in [0.2, 0.25) is 5.96 Å². The second kappa shape index (κ2) is 6.75. The first-order valence-corrected chi connectivity index (χ1v) is 6.80. The van der Waals surface area contributed by atoms with Crippen LogP contribution in [-0.2, 0) is 6.42 Å². The summed E-state index contributed by atoms with van der Waals surface area (Å²) in [6.07, 6.45) is 1.92. The Morgan fingerprint density at radius 1 is 1.09 bits per heavy atom. The molecular weight excluding hydrogens is 308 g/mol. The Balaban J connectivity index is 0.00000176. The van der Waals surface area contributed by atoms with Gasteiger partial charge in [-0.05, 0) is 36.6 Å². The molecule has 0 saturated heterocycles. The fourth-order valence-electron chi connectivity index (χ4n) is 2.53. The molecule has 2 N–H and O–H groups in total. The van der Waals surface area contributed by atoms with Crippen molar-refractivity contribution in [3.63, 3.8) is 0 Å². The fraction of sp³-hybridized carbons (Fsp3) is 0.188. The first-order valence-electron chi connectivity index (χ1n) is 6.80. The number of rotatable bonds is 1. The zero-order valence-corrected chi connectivity index (χ0v) is 12.6. The van der Waals surface area contributed by atoms with Crippen LogP contribution in [0.1, 0.15) is 12.0 Å². The Hall–Kier alpha value is -2.14. The van der Waals surface area contributed by atoms with Gasteiger partial charge in [-0.2, -0.15) is 0 Å². The number of hydrogen-bond donors (Lipinski definition) is 1. The number of guanidine groups is 1. The van der Waals surface area contributed by atoms with Gasteiger partial charge in [-0.3, -0.25) is 0 Å². The maximum absolute atomic E-state index is 13.7. The van der Waals surface area contributed by atoms with E-state index in [1.165, 1.54) is 17.7 Å². The number of nitrogens with two attached hydrogens (primary N) is 1. The van der Waals surface area contributed by atoms with E-state index in [-0.39, 0.29) is 24.1 Å². The summed E-state index contributed by atoms with van der Waals surface area (Å²) < 4.78 is 26.9. The van der Waals surface area contributed by atoms with Gasteiger partial charge >= 0.3 is 0 Å². The molecular formula is C16H16ClF2N3. The van der Waals surface area contributed by atoms with Crippen molar-refractivity contribution in [3.8, 4) is 0 Å². The molecule has 22 heavy (non-hydrogen) atoms. The number of fused-ring (bicyclic) bond motifs is 1. The van der Waals surface area contributed by atoms with E-state index in [1.807, 2.05) is 29.2 Å². The number of anilines is 1. The Kier molecular flexibility index (Phi) is 4.98. The van der Waals surface area contributed by atoms with Gasteiger partial charge in [-0.1, -0.05) is 24.3 Å². The third-order valence-corrected chi connectivity index (χ3v) is 3.55. The van der Waals surface area contributed by atoms with Crippen molar-refractivity contribution < 1.29 is 8.78 Å². The summed E-state index contributed by atoms with van der Waals surface area (Å²) in [4.78, 5) is 5.88. The molecule has 0 spiro atoms. The maximum atomic E-state index is 13.7. The molecule has 0 atom stereocenters. The minimum absolute atomic E-state index is 0. The van der Waals surface area contributed by atoms with Gasteiger partial charge in [0.25, 0.3) is 0 Å². The van der Waals surface area contributed by atoms with Crippen LogP contribution in [0.3, 0.4) is 0 Å². The van der Waals surface area contributed by atoms with E-state index in [2.05, 4.69) is 4.99 Å². The number of halogens is 3. The van der Waals surface area contributed by atoms with Gasteiger partial charge in [-0.15, -0.1) is 12.4 Å². The molecule has 0 amide bonds. The van der Waals surface area contributed by atoms with Gasteiger partial charge < -0.3 is 10.6 Å². The molecule has 0 saturated carbocycles. The highest BCUT2D eigenvalue weighted by Crippen LogP contribution is 2.27. The SMILES string of the molecule is Cl.NC(=Nc1cccc(F)c1F)N1CCCc2ccccc21. The predicted molar refractivity (Wildman–Crippen MR) is 87.0 cm³/mol. The van der Waals surface area contributed by atoms with E-state index in [0.717, 1.165) is 24.6 Å². The van der Waals surface area contributed by atoms with Crippen LogP contribution in [0, 0.1) is 11.6 Å². The molecule has 0 radical (unpaired) electrons. The standard InChI is InChI=1S/C16H15F2N3.ClH/c17-12-7-3-8-13(15(12)18)20-16(19)21-10-4-6-11-5-1-2-9-14(11)21;/h1-3,5,7-9H,4,6,10H2,(H2,19,20);1H. The van der Waals surface area contributed by atoms with Crippen LogP contribution >= 0.6 is 12.4 Å². The number of aryl methyl sites for hydroxylation is 1. The zero-order valence-electron chi connectivity index (χ0n) is 11.8. The van der Waals surface area contributed by atoms with Gasteiger partial charge in [0.1, 0.15) is 5.69 Å². The first kappa shape index (κ1) is 16.2. The van der Waals surface area contributed by atoms with Gasteiger partial charge in [0, 0.05) is 12.2 Å². The van der Waals surface area contributed by atoms with Crippen molar-refractivity contribution in [3.05, 3.63) is 59.7 Å². The highest BCUT2D eigenvalue weighted by atomic mass is 35.5. The predicted octanol–water partition coefficient (Wildman–Crippen LogP) is 3.79. The fourth-order valence-corrected chi connectivity index (χ4v) is 2.53. The Morgan fingerprint density at radius 3 is 2.68 bits per heavy atom. The lowest BCUT2D eigenvalue weighted by Crippen LogP contribution is -2.40. The molecule has 0 bridgehead atoms. The van der Waals surface area contributed by atoms with E-state index < -0.39 is 11.6 Å². The number of aliphatic imine (C=N–C) groups is 1. The van der Waals surface area contributed by atoms with Gasteiger partial charge in [0.05, 0.1) is 0 Å². The molecule has 116 valence electrons. The molecule has 3 rings (SSSR count). The minimum atomic E-state index is -0.981. The summed E-state index contributed by atoms with van der Waals surface area (Å²) in [6, 6.07) is 11.8. The molecule has 1 aliphatic rings. The molecule has 1 heterocycles. The monoisotopic (exact) mass is 323 g/mol. The number of hydrogen-bond acceptors (Lipinski definition) is 1. The van der Waals surface area contributed by atoms with Crippen LogP contribution in [0.15, 0.2) is 47.5 Å². The lowest BCUT2D eigenvalue weighted by Gasteiger charge is -2.30. The molecule has 0 fully saturated rings. The van der Waals surface area contributed by atoms with Crippen LogP contribution in [0.5, 0.6) is 0 Å². The van der Waals surface area contributed by atoms with Crippen molar-refractivity contribution in [2.45, 2.75) is 12.8 Å². The van der Waals surface area contributed by atoms with E-state index in [1.54, 1.807) is 0 Å². The highest BCUT2D eigenvalue weighted by molar-refractivity contribution is 5.97. The van der Waals surface area contributed by atoms with E-state index >= 15 is 0 Å². The summed E-state index contributed by atoms with van der Waals surface area (Å²) in [5.74, 6) is -1.74. The maximum Gasteiger partial charge on any atom is 0.201 e. The average Bonchev–Trinajstić information content (AvgIpc) is 2.51. The summed E-state index contributed by atoms with van der Waals surface area (Å²) >= 11 is 0. The summed E-state index contributed by atoms with van der Waals surface area (Å²) in [5.41, 5.74) is 8.07. The minimum Gasteiger partial charge on any atom is -0.369 e. The Labute approximate surface area is 133 Å². The van der Waals surface area contributed by atoms with E-state index in [9.17, 15) is 8.78 Å². The molecule has 2 aromatic rings. The lowest BCUT2D eigenvalue weighted by molar-refractivity contribution is 0.510. The van der Waals surface area contributed by atoms with Crippen molar-refractivity contribution in [1.82, 2.24) is 0 Å². The number of nitrogens with zero attached hydrogens (tertiary/aromatic N) is 2. The summed E-state index contributed by atoms with van der Waals surface area (Å²) in [7, 11) is 0. The van der Waals surface area contributed by atoms with E-state index in [0.29, 0.717) is 6.54 Å². The molecule has 2 aromatic carbocycles. The molecule has 6 heteroatoms. The normalized spacial score (nSPS) is 14.3. The quantitative estimate of drug-likeness (QED) is 0.641. The molecule has 3 nitrogen and oxygen atoms in total. The third-order valence-electron chi connectivity index (χ3n) is 3.55. The number of benzene rings is 2. The third kappa shape index (κ3) is 3.04.